The number of rotatable bonds is 5. The molecule has 3 N–H and O–H groups in total. The van der Waals surface area contributed by atoms with Crippen molar-refractivity contribution in [1.29, 1.82) is 0 Å². The maximum atomic E-state index is 12.6. The van der Waals surface area contributed by atoms with Gasteiger partial charge in [0.05, 0.1) is 13.1 Å². The predicted molar refractivity (Wildman–Crippen MR) is 52.1 cm³/mol. The Bertz CT molecular complexity index is 319. The quantitative estimate of drug-likeness (QED) is 0.690. The maximum absolute atomic E-state index is 12.6. The number of tetrazole rings is 1. The second-order valence-corrected chi connectivity index (χ2v) is 2.84. The van der Waals surface area contributed by atoms with Gasteiger partial charge in [0.2, 0.25) is 5.91 Å². The van der Waals surface area contributed by atoms with E-state index < -0.39 is 24.9 Å². The van der Waals surface area contributed by atoms with Crippen molar-refractivity contribution in [2.45, 2.75) is 12.5 Å². The zero-order valence-electron chi connectivity index (χ0n) is 8.14. The van der Waals surface area contributed by atoms with E-state index >= 15 is 0 Å². The predicted octanol–water partition coefficient (Wildman–Crippen LogP) is -1.19. The number of hydrogen-bond acceptors (Lipinski definition) is 5. The lowest BCUT2D eigenvalue weighted by atomic mass is 10.3. The Kier molecular flexibility index (Phi) is 5.75. The topological polar surface area (TPSA) is 98.7 Å². The first kappa shape index (κ1) is 14.6. The molecule has 16 heavy (non-hydrogen) atoms. The standard InChI is InChI=1S/C6H10F2N6O.ClH/c7-6(8,2-9)3-10-5(15)1-14-4-11-12-13-14;/h4H,1-3,9H2,(H,10,15);1H. The number of carbonyl (C=O) groups excluding carboxylic acids is 1. The molecule has 1 amide bonds. The lowest BCUT2D eigenvalue weighted by molar-refractivity contribution is -0.123. The summed E-state index contributed by atoms with van der Waals surface area (Å²) in [7, 11) is 0. The van der Waals surface area contributed by atoms with Gasteiger partial charge in [0.15, 0.2) is 0 Å². The normalized spacial score (nSPS) is 10.7. The Morgan fingerprint density at radius 1 is 1.56 bits per heavy atom. The molecule has 0 saturated carbocycles. The number of alkyl halides is 2. The number of halogens is 3. The van der Waals surface area contributed by atoms with E-state index in [-0.39, 0.29) is 19.0 Å². The lowest BCUT2D eigenvalue weighted by Crippen LogP contribution is -2.42. The van der Waals surface area contributed by atoms with E-state index in [1.807, 2.05) is 5.32 Å². The number of nitrogens with zero attached hydrogens (tertiary/aromatic N) is 4. The molecule has 7 nitrogen and oxygen atoms in total. The molecule has 1 heterocycles. The highest BCUT2D eigenvalue weighted by Gasteiger charge is 2.27. The number of hydrogen-bond donors (Lipinski definition) is 2. The molecule has 10 heteroatoms. The van der Waals surface area contributed by atoms with E-state index in [9.17, 15) is 13.6 Å². The Balaban J connectivity index is 0.00000225. The molecule has 0 aliphatic heterocycles. The van der Waals surface area contributed by atoms with Crippen LogP contribution >= 0.6 is 12.4 Å². The molecule has 0 spiro atoms. The SMILES string of the molecule is Cl.NCC(F)(F)CNC(=O)Cn1cnnn1. The first-order valence-corrected chi connectivity index (χ1v) is 4.09. The van der Waals surface area contributed by atoms with Crippen molar-refractivity contribution in [3.63, 3.8) is 0 Å². The molecule has 0 atom stereocenters. The van der Waals surface area contributed by atoms with Crippen LogP contribution in [0.15, 0.2) is 6.33 Å². The summed E-state index contributed by atoms with van der Waals surface area (Å²) in [5, 5.41) is 12.0. The molecule has 1 rings (SSSR count). The molecule has 0 bridgehead atoms. The molecular weight excluding hydrogens is 246 g/mol. The molecule has 0 aliphatic rings. The van der Waals surface area contributed by atoms with Gasteiger partial charge in [-0.05, 0) is 10.4 Å². The van der Waals surface area contributed by atoms with Crippen LogP contribution in [0.1, 0.15) is 0 Å². The highest BCUT2D eigenvalue weighted by atomic mass is 35.5. The zero-order chi connectivity index (χ0) is 11.3. The Morgan fingerprint density at radius 2 is 2.25 bits per heavy atom. The molecule has 0 unspecified atom stereocenters. The third kappa shape index (κ3) is 4.94. The third-order valence-electron chi connectivity index (χ3n) is 1.54. The summed E-state index contributed by atoms with van der Waals surface area (Å²) in [6, 6.07) is 0. The van der Waals surface area contributed by atoms with Crippen LogP contribution in [-0.2, 0) is 11.3 Å². The van der Waals surface area contributed by atoms with E-state index in [0.29, 0.717) is 0 Å². The summed E-state index contributed by atoms with van der Waals surface area (Å²) in [5.41, 5.74) is 4.79. The van der Waals surface area contributed by atoms with Gasteiger partial charge in [-0.2, -0.15) is 0 Å². The number of amides is 1. The summed E-state index contributed by atoms with van der Waals surface area (Å²) in [6.45, 7) is -1.80. The highest BCUT2D eigenvalue weighted by molar-refractivity contribution is 5.85. The average molecular weight is 257 g/mol. The van der Waals surface area contributed by atoms with Gasteiger partial charge in [-0.1, -0.05) is 0 Å². The molecular formula is C6H11ClF2N6O. The molecule has 0 aromatic carbocycles. The van der Waals surface area contributed by atoms with E-state index in [1.165, 1.54) is 6.33 Å². The van der Waals surface area contributed by atoms with Crippen molar-refractivity contribution < 1.29 is 13.6 Å². The maximum Gasteiger partial charge on any atom is 0.277 e. The van der Waals surface area contributed by atoms with Crippen molar-refractivity contribution >= 4 is 18.3 Å². The minimum absolute atomic E-state index is 0. The number of carbonyl (C=O) groups is 1. The van der Waals surface area contributed by atoms with E-state index in [0.717, 1.165) is 4.68 Å². The monoisotopic (exact) mass is 256 g/mol. The van der Waals surface area contributed by atoms with Gasteiger partial charge < -0.3 is 11.1 Å². The fraction of sp³-hybridized carbons (Fsp3) is 0.667. The first-order valence-electron chi connectivity index (χ1n) is 4.09. The Morgan fingerprint density at radius 3 is 2.75 bits per heavy atom. The summed E-state index contributed by atoms with van der Waals surface area (Å²) in [5.74, 6) is -3.69. The van der Waals surface area contributed by atoms with Crippen LogP contribution in [0.5, 0.6) is 0 Å². The third-order valence-corrected chi connectivity index (χ3v) is 1.54. The molecule has 1 aromatic rings. The van der Waals surface area contributed by atoms with Crippen LogP contribution in [0.3, 0.4) is 0 Å². The van der Waals surface area contributed by atoms with Crippen molar-refractivity contribution in [1.82, 2.24) is 25.5 Å². The summed E-state index contributed by atoms with van der Waals surface area (Å²) in [4.78, 5) is 11.1. The first-order chi connectivity index (χ1) is 7.03. The zero-order valence-corrected chi connectivity index (χ0v) is 8.95. The lowest BCUT2D eigenvalue weighted by Gasteiger charge is -2.14. The van der Waals surface area contributed by atoms with Crippen molar-refractivity contribution in [2.24, 2.45) is 5.73 Å². The Hall–Kier alpha value is -1.35. The summed E-state index contributed by atoms with van der Waals surface area (Å²) >= 11 is 0. The second-order valence-electron chi connectivity index (χ2n) is 2.84. The molecule has 0 aliphatic carbocycles. The second kappa shape index (κ2) is 6.28. The van der Waals surface area contributed by atoms with Crippen molar-refractivity contribution in [3.8, 4) is 0 Å². The van der Waals surface area contributed by atoms with Gasteiger partial charge >= 0.3 is 0 Å². The van der Waals surface area contributed by atoms with Gasteiger partial charge in [-0.15, -0.1) is 17.5 Å². The molecule has 0 saturated heterocycles. The number of nitrogens with two attached hydrogens (primary N) is 1. The van der Waals surface area contributed by atoms with Crippen LogP contribution in [-0.4, -0.2) is 45.1 Å². The van der Waals surface area contributed by atoms with Crippen LogP contribution in [0.25, 0.3) is 0 Å². The van der Waals surface area contributed by atoms with E-state index in [1.54, 1.807) is 0 Å². The van der Waals surface area contributed by atoms with Crippen LogP contribution in [0.2, 0.25) is 0 Å². The van der Waals surface area contributed by atoms with Gasteiger partial charge in [0, 0.05) is 0 Å². The number of aromatic nitrogens is 4. The van der Waals surface area contributed by atoms with Crippen LogP contribution in [0.4, 0.5) is 8.78 Å². The van der Waals surface area contributed by atoms with Gasteiger partial charge in [0.25, 0.3) is 5.92 Å². The Labute approximate surface area is 95.8 Å². The molecule has 0 radical (unpaired) electrons. The van der Waals surface area contributed by atoms with Gasteiger partial charge in [-0.3, -0.25) is 4.79 Å². The molecule has 92 valence electrons. The fourth-order valence-electron chi connectivity index (χ4n) is 0.756. The minimum atomic E-state index is -3.09. The van der Waals surface area contributed by atoms with Gasteiger partial charge in [0.1, 0.15) is 12.9 Å². The van der Waals surface area contributed by atoms with E-state index in [2.05, 4.69) is 15.5 Å². The smallest absolute Gasteiger partial charge is 0.277 e. The van der Waals surface area contributed by atoms with Crippen LogP contribution < -0.4 is 11.1 Å². The summed E-state index contributed by atoms with van der Waals surface area (Å²) in [6.07, 6.45) is 1.21. The van der Waals surface area contributed by atoms with Crippen molar-refractivity contribution in [3.05, 3.63) is 6.33 Å². The fourth-order valence-corrected chi connectivity index (χ4v) is 0.756. The van der Waals surface area contributed by atoms with Crippen LogP contribution in [0, 0.1) is 0 Å². The largest absolute Gasteiger partial charge is 0.348 e. The van der Waals surface area contributed by atoms with Crippen molar-refractivity contribution in [2.75, 3.05) is 13.1 Å². The average Bonchev–Trinajstić information content (AvgIpc) is 2.68. The summed E-state index contributed by atoms with van der Waals surface area (Å²) < 4.78 is 26.3. The van der Waals surface area contributed by atoms with Gasteiger partial charge in [-0.25, -0.2) is 13.5 Å². The molecule has 1 aromatic heterocycles. The number of nitrogens with one attached hydrogen (secondary N) is 1. The highest BCUT2D eigenvalue weighted by Crippen LogP contribution is 2.08. The molecule has 0 fully saturated rings. The van der Waals surface area contributed by atoms with E-state index in [4.69, 9.17) is 5.73 Å². The minimum Gasteiger partial charge on any atom is -0.348 e.